The monoisotopic (exact) mass is 864 g/mol. The zero-order chi connectivity index (χ0) is 40.8. The Hall–Kier alpha value is -1.98. The molecule has 0 radical (unpaired) electrons. The fraction of sp³-hybridized carbons (Fsp3) is 0.614. The number of aromatic nitrogens is 1. The third-order valence-electron chi connectivity index (χ3n) is 11.5. The molecule has 12 heteroatoms. The van der Waals surface area contributed by atoms with Crippen LogP contribution in [0.25, 0.3) is 0 Å². The molecule has 0 amide bonds. The number of hydrogen-bond donors (Lipinski definition) is 3. The molecule has 0 aliphatic heterocycles. The lowest BCUT2D eigenvalue weighted by molar-refractivity contribution is -0.123. The number of carbonyl (C=O) groups is 1. The number of nitrogens with one attached hydrogen (secondary N) is 2. The summed E-state index contributed by atoms with van der Waals surface area (Å²) in [6, 6.07) is 16.1. The van der Waals surface area contributed by atoms with E-state index < -0.39 is 0 Å². The van der Waals surface area contributed by atoms with Crippen LogP contribution in [0.1, 0.15) is 122 Å². The average Bonchev–Trinajstić information content (AvgIpc) is 3.71. The molecule has 0 spiro atoms. The van der Waals surface area contributed by atoms with Crippen molar-refractivity contribution in [2.45, 2.75) is 116 Å². The van der Waals surface area contributed by atoms with Crippen LogP contribution in [0.15, 0.2) is 53.9 Å². The van der Waals surface area contributed by atoms with E-state index in [0.29, 0.717) is 10.1 Å². The molecule has 0 bridgehead atoms. The Labute approximate surface area is 362 Å². The van der Waals surface area contributed by atoms with Crippen LogP contribution >= 0.6 is 58.4 Å². The van der Waals surface area contributed by atoms with Crippen LogP contribution in [0.4, 0.5) is 5.13 Å². The van der Waals surface area contributed by atoms with E-state index in [1.165, 1.54) is 49.8 Å². The molecule has 1 aromatic heterocycles. The van der Waals surface area contributed by atoms with E-state index in [0.717, 1.165) is 107 Å². The Morgan fingerprint density at radius 3 is 1.84 bits per heavy atom. The number of thiazole rings is 1. The Morgan fingerprint density at radius 1 is 0.804 bits per heavy atom. The SMILES string of the molecule is CCN(CC)CCCNC(N)=S.CCN(CC)CCCNc1nc(C2(c3cccc(Cl)c3)CCCCC2)cs1.O=C(CCl)C1(c2cccc(Cl)c2)CCCCC1. The largest absolute Gasteiger partial charge is 0.376 e. The van der Waals surface area contributed by atoms with Gasteiger partial charge in [0.05, 0.1) is 17.0 Å². The van der Waals surface area contributed by atoms with E-state index in [9.17, 15) is 4.79 Å². The molecule has 1 heterocycles. The van der Waals surface area contributed by atoms with Gasteiger partial charge in [-0.15, -0.1) is 22.9 Å². The molecule has 4 N–H and O–H groups in total. The highest BCUT2D eigenvalue weighted by Crippen LogP contribution is 2.46. The van der Waals surface area contributed by atoms with E-state index in [1.807, 2.05) is 30.3 Å². The van der Waals surface area contributed by atoms with Crippen molar-refractivity contribution in [2.24, 2.45) is 5.73 Å². The second-order valence-electron chi connectivity index (χ2n) is 14.9. The highest BCUT2D eigenvalue weighted by atomic mass is 35.5. The van der Waals surface area contributed by atoms with Gasteiger partial charge in [-0.3, -0.25) is 4.79 Å². The summed E-state index contributed by atoms with van der Waals surface area (Å²) in [4.78, 5) is 22.1. The number of rotatable bonds is 18. The number of nitrogens with two attached hydrogens (primary N) is 1. The number of nitrogens with zero attached hydrogens (tertiary/aromatic N) is 3. The van der Waals surface area contributed by atoms with Gasteiger partial charge in [0.25, 0.3) is 0 Å². The van der Waals surface area contributed by atoms with Crippen LogP contribution in [0.3, 0.4) is 0 Å². The highest BCUT2D eigenvalue weighted by Gasteiger charge is 2.40. The fourth-order valence-corrected chi connectivity index (χ4v) is 9.68. The smallest absolute Gasteiger partial charge is 0.182 e. The molecular weight excluding hydrogens is 799 g/mol. The average molecular weight is 867 g/mol. The number of halogens is 3. The minimum absolute atomic E-state index is 0.0286. The number of ketones is 1. The molecule has 3 aromatic rings. The van der Waals surface area contributed by atoms with Crippen molar-refractivity contribution >= 4 is 74.4 Å². The second-order valence-corrected chi connectivity index (χ2v) is 17.3. The molecule has 0 saturated heterocycles. The molecule has 2 fully saturated rings. The maximum Gasteiger partial charge on any atom is 0.182 e. The van der Waals surface area contributed by atoms with E-state index in [-0.39, 0.29) is 22.5 Å². The number of thiocarbonyl (C=S) groups is 1. The van der Waals surface area contributed by atoms with Gasteiger partial charge >= 0.3 is 0 Å². The quantitative estimate of drug-likeness (QED) is 0.0662. The molecule has 2 aliphatic carbocycles. The van der Waals surface area contributed by atoms with Crippen LogP contribution in [0, 0.1) is 0 Å². The molecule has 312 valence electrons. The Morgan fingerprint density at radius 2 is 1.32 bits per heavy atom. The van der Waals surface area contributed by atoms with Crippen molar-refractivity contribution in [1.29, 1.82) is 0 Å². The van der Waals surface area contributed by atoms with Gasteiger partial charge in [-0.05, 0) is 125 Å². The van der Waals surface area contributed by atoms with Crippen molar-refractivity contribution in [3.05, 3.63) is 80.8 Å². The first-order chi connectivity index (χ1) is 27.1. The topological polar surface area (TPSA) is 86.5 Å². The minimum atomic E-state index is -0.384. The molecule has 56 heavy (non-hydrogen) atoms. The van der Waals surface area contributed by atoms with Gasteiger partial charge in [0, 0.05) is 33.9 Å². The lowest BCUT2D eigenvalue weighted by Crippen LogP contribution is -2.38. The molecule has 2 aromatic carbocycles. The lowest BCUT2D eigenvalue weighted by Gasteiger charge is -2.36. The number of alkyl halides is 1. The number of hydrogen-bond acceptors (Lipinski definition) is 7. The van der Waals surface area contributed by atoms with Crippen LogP contribution in [0.5, 0.6) is 0 Å². The fourth-order valence-electron chi connectivity index (χ4n) is 8.10. The Bertz CT molecular complexity index is 1570. The third kappa shape index (κ3) is 15.0. The van der Waals surface area contributed by atoms with Crippen molar-refractivity contribution in [3.63, 3.8) is 0 Å². The van der Waals surface area contributed by atoms with Gasteiger partial charge < -0.3 is 26.2 Å². The van der Waals surface area contributed by atoms with Crippen molar-refractivity contribution in [1.82, 2.24) is 20.1 Å². The van der Waals surface area contributed by atoms with Crippen LogP contribution in [-0.4, -0.2) is 83.9 Å². The number of benzene rings is 2. The minimum Gasteiger partial charge on any atom is -0.376 e. The van der Waals surface area contributed by atoms with E-state index in [4.69, 9.17) is 45.5 Å². The third-order valence-corrected chi connectivity index (χ3v) is 13.1. The van der Waals surface area contributed by atoms with Gasteiger partial charge in [0.2, 0.25) is 0 Å². The number of Topliss-reactive ketones (excluding diaryl/α,β-unsaturated/α-hetero) is 1. The summed E-state index contributed by atoms with van der Waals surface area (Å²) in [5, 5.41) is 11.7. The lowest BCUT2D eigenvalue weighted by atomic mass is 9.67. The van der Waals surface area contributed by atoms with E-state index >= 15 is 0 Å². The van der Waals surface area contributed by atoms with Crippen molar-refractivity contribution in [3.8, 4) is 0 Å². The van der Waals surface area contributed by atoms with Crippen LogP contribution in [-0.2, 0) is 15.6 Å². The van der Waals surface area contributed by atoms with Gasteiger partial charge in [-0.25, -0.2) is 4.98 Å². The van der Waals surface area contributed by atoms with Gasteiger partial charge in [0.1, 0.15) is 0 Å². The van der Waals surface area contributed by atoms with Gasteiger partial charge in [0.15, 0.2) is 16.0 Å². The number of anilines is 1. The predicted octanol–water partition coefficient (Wildman–Crippen LogP) is 11.1. The second kappa shape index (κ2) is 26.2. The van der Waals surface area contributed by atoms with E-state index in [1.54, 1.807) is 11.3 Å². The summed E-state index contributed by atoms with van der Waals surface area (Å²) in [5.41, 5.74) is 8.51. The van der Waals surface area contributed by atoms with Crippen LogP contribution < -0.4 is 16.4 Å². The summed E-state index contributed by atoms with van der Waals surface area (Å²) in [6.07, 6.45) is 13.6. The summed E-state index contributed by atoms with van der Waals surface area (Å²) in [6.45, 7) is 17.4. The first kappa shape index (κ1) is 48.4. The summed E-state index contributed by atoms with van der Waals surface area (Å²) in [5.74, 6) is 0.230. The predicted molar refractivity (Wildman–Crippen MR) is 247 cm³/mol. The normalized spacial score (nSPS) is 15.9. The molecule has 2 saturated carbocycles. The molecule has 0 unspecified atom stereocenters. The summed E-state index contributed by atoms with van der Waals surface area (Å²) in [7, 11) is 0. The van der Waals surface area contributed by atoms with Crippen molar-refractivity contribution < 1.29 is 4.79 Å². The molecule has 7 nitrogen and oxygen atoms in total. The molecule has 5 rings (SSSR count). The number of carbonyl (C=O) groups excluding carboxylic acids is 1. The zero-order valence-corrected chi connectivity index (χ0v) is 38.2. The first-order valence-corrected chi connectivity index (χ1v) is 23.4. The molecule has 0 atom stereocenters. The maximum absolute atomic E-state index is 12.2. The first-order valence-electron chi connectivity index (χ1n) is 20.9. The zero-order valence-electron chi connectivity index (χ0n) is 34.3. The summed E-state index contributed by atoms with van der Waals surface area (Å²) >= 11 is 24.6. The van der Waals surface area contributed by atoms with Crippen LogP contribution in [0.2, 0.25) is 10.0 Å². The van der Waals surface area contributed by atoms with E-state index in [2.05, 4.69) is 83.9 Å². The van der Waals surface area contributed by atoms with Gasteiger partial charge in [-0.2, -0.15) is 0 Å². The Balaban J connectivity index is 0.000000248. The maximum atomic E-state index is 12.2. The molecular formula is C44H67Cl3N6OS2. The Kier molecular flexibility index (Phi) is 22.6. The summed E-state index contributed by atoms with van der Waals surface area (Å²) < 4.78 is 0. The highest BCUT2D eigenvalue weighted by molar-refractivity contribution is 7.80. The van der Waals surface area contributed by atoms with Gasteiger partial charge in [-0.1, -0.05) is 114 Å². The standard InChI is InChI=1S/C22H32ClN3S.C14H16Cl2O.C8H19N3S/c1-3-26(4-2)15-9-14-24-21-25-20(17-27-21)22(12-6-5-7-13-22)18-10-8-11-19(23)16-18;15-10-13(17)14(7-2-1-3-8-14)11-5-4-6-12(16)9-11;1-3-11(4-2)7-5-6-10-8(9)12/h8,10-11,16-17H,3-7,9,12-15H2,1-2H3,(H,24,25);4-6,9H,1-3,7-8,10H2;3-7H2,1-2H3,(H3,9,10,12). The molecule has 2 aliphatic rings. The van der Waals surface area contributed by atoms with Crippen molar-refractivity contribution in [2.75, 3.05) is 63.6 Å².